The average Bonchev–Trinajstić information content (AvgIpc) is 2.52. The minimum absolute atomic E-state index is 0.0110. The van der Waals surface area contributed by atoms with Crippen molar-refractivity contribution in [3.63, 3.8) is 0 Å². The third-order valence-corrected chi connectivity index (χ3v) is 3.45. The molecule has 1 unspecified atom stereocenters. The molecule has 2 aromatic rings. The Morgan fingerprint density at radius 1 is 1.05 bits per heavy atom. The topological polar surface area (TPSA) is 44.7 Å². The molecule has 21 heavy (non-hydrogen) atoms. The van der Waals surface area contributed by atoms with E-state index in [1.54, 1.807) is 0 Å². The molecule has 0 bridgehead atoms. The number of hydrogen-bond acceptors (Lipinski definition) is 2. The van der Waals surface area contributed by atoms with Gasteiger partial charge in [0.25, 0.3) is 0 Å². The number of hydrogen-bond donors (Lipinski definition) is 1. The van der Waals surface area contributed by atoms with Gasteiger partial charge in [0.15, 0.2) is 0 Å². The Hall–Kier alpha value is -2.62. The number of amides is 1. The summed E-state index contributed by atoms with van der Waals surface area (Å²) >= 11 is 0. The Balaban J connectivity index is 1.98. The van der Waals surface area contributed by atoms with Crippen molar-refractivity contribution in [3.05, 3.63) is 60.7 Å². The summed E-state index contributed by atoms with van der Waals surface area (Å²) in [6, 6.07) is 19.6. The van der Waals surface area contributed by atoms with Crippen molar-refractivity contribution in [3.8, 4) is 0 Å². The Kier molecular flexibility index (Phi) is 3.69. The van der Waals surface area contributed by atoms with Crippen LogP contribution in [0.1, 0.15) is 6.92 Å². The van der Waals surface area contributed by atoms with E-state index in [4.69, 9.17) is 0 Å². The van der Waals surface area contributed by atoms with Crippen LogP contribution in [0, 0.1) is 5.92 Å². The molecule has 1 fully saturated rings. The molecule has 106 valence electrons. The quantitative estimate of drug-likeness (QED) is 0.918. The fraction of sp³-hybridized carbons (Fsp3) is 0.176. The summed E-state index contributed by atoms with van der Waals surface area (Å²) in [5.41, 5.74) is 1.85. The highest BCUT2D eigenvalue weighted by Crippen LogP contribution is 2.20. The predicted molar refractivity (Wildman–Crippen MR) is 84.6 cm³/mol. The number of aliphatic imine (C=N–C) groups is 1. The summed E-state index contributed by atoms with van der Waals surface area (Å²) < 4.78 is 0. The number of anilines is 1. The lowest BCUT2D eigenvalue weighted by Crippen LogP contribution is -2.54. The van der Waals surface area contributed by atoms with Crippen LogP contribution in [0.25, 0.3) is 0 Å². The van der Waals surface area contributed by atoms with E-state index in [0.717, 1.165) is 11.4 Å². The summed E-state index contributed by atoms with van der Waals surface area (Å²) in [4.78, 5) is 18.6. The zero-order valence-corrected chi connectivity index (χ0v) is 11.9. The summed E-state index contributed by atoms with van der Waals surface area (Å²) in [7, 11) is 0. The SMILES string of the molecule is CC1CN(c2ccccc2)C(=Nc2ccccc2)NC1=O. The highest BCUT2D eigenvalue weighted by Gasteiger charge is 2.28. The van der Waals surface area contributed by atoms with Crippen LogP contribution < -0.4 is 10.2 Å². The van der Waals surface area contributed by atoms with Crippen LogP contribution in [0.4, 0.5) is 11.4 Å². The van der Waals surface area contributed by atoms with Gasteiger partial charge in [-0.05, 0) is 24.3 Å². The number of guanidine groups is 1. The van der Waals surface area contributed by atoms with Gasteiger partial charge in [-0.1, -0.05) is 43.3 Å². The minimum atomic E-state index is -0.0695. The van der Waals surface area contributed by atoms with Gasteiger partial charge < -0.3 is 4.90 Å². The number of nitrogens with one attached hydrogen (secondary N) is 1. The van der Waals surface area contributed by atoms with Crippen LogP contribution in [-0.2, 0) is 4.79 Å². The first kappa shape index (κ1) is 13.4. The van der Waals surface area contributed by atoms with Crippen molar-refractivity contribution in [1.29, 1.82) is 0 Å². The lowest BCUT2D eigenvalue weighted by atomic mass is 10.1. The molecule has 1 aliphatic rings. The fourth-order valence-electron chi connectivity index (χ4n) is 2.29. The predicted octanol–water partition coefficient (Wildman–Crippen LogP) is 2.95. The number of carbonyl (C=O) groups is 1. The first-order chi connectivity index (χ1) is 10.2. The molecule has 0 radical (unpaired) electrons. The van der Waals surface area contributed by atoms with Crippen molar-refractivity contribution in [2.24, 2.45) is 10.9 Å². The largest absolute Gasteiger partial charge is 0.311 e. The minimum Gasteiger partial charge on any atom is -0.311 e. The van der Waals surface area contributed by atoms with Gasteiger partial charge in [0.05, 0.1) is 11.6 Å². The van der Waals surface area contributed by atoms with Gasteiger partial charge in [-0.2, -0.15) is 0 Å². The molecule has 0 saturated carbocycles. The molecule has 0 aromatic heterocycles. The fourth-order valence-corrected chi connectivity index (χ4v) is 2.29. The molecule has 2 aromatic carbocycles. The van der Waals surface area contributed by atoms with Gasteiger partial charge >= 0.3 is 0 Å². The van der Waals surface area contributed by atoms with Crippen molar-refractivity contribution >= 4 is 23.2 Å². The normalized spacial score (nSPS) is 20.4. The zero-order chi connectivity index (χ0) is 14.7. The van der Waals surface area contributed by atoms with E-state index < -0.39 is 0 Å². The molecular weight excluding hydrogens is 262 g/mol. The molecule has 4 heteroatoms. The second-order valence-corrected chi connectivity index (χ2v) is 5.11. The Labute approximate surface area is 124 Å². The van der Waals surface area contributed by atoms with E-state index in [0.29, 0.717) is 12.5 Å². The maximum absolute atomic E-state index is 12.0. The average molecular weight is 279 g/mol. The van der Waals surface area contributed by atoms with Crippen LogP contribution in [0.3, 0.4) is 0 Å². The summed E-state index contributed by atoms with van der Waals surface area (Å²) in [5, 5.41) is 2.90. The Bertz CT molecular complexity index is 652. The number of rotatable bonds is 2. The molecular formula is C17H17N3O. The highest BCUT2D eigenvalue weighted by atomic mass is 16.2. The van der Waals surface area contributed by atoms with Crippen LogP contribution in [0.15, 0.2) is 65.7 Å². The van der Waals surface area contributed by atoms with E-state index in [9.17, 15) is 4.79 Å². The first-order valence-corrected chi connectivity index (χ1v) is 7.01. The van der Waals surface area contributed by atoms with Gasteiger partial charge in [0, 0.05) is 12.2 Å². The molecule has 4 nitrogen and oxygen atoms in total. The van der Waals surface area contributed by atoms with Crippen molar-refractivity contribution in [2.45, 2.75) is 6.92 Å². The van der Waals surface area contributed by atoms with E-state index >= 15 is 0 Å². The van der Waals surface area contributed by atoms with E-state index in [1.807, 2.05) is 72.5 Å². The van der Waals surface area contributed by atoms with Crippen molar-refractivity contribution < 1.29 is 4.79 Å². The standard InChI is InChI=1S/C17H17N3O/c1-13-12-20(15-10-6-3-7-11-15)17(19-16(13)21)18-14-8-4-2-5-9-14/h2-11,13H,12H2,1H3,(H,18,19,21). The van der Waals surface area contributed by atoms with Gasteiger partial charge in [-0.25, -0.2) is 4.99 Å². The lowest BCUT2D eigenvalue weighted by molar-refractivity contribution is -0.123. The third-order valence-electron chi connectivity index (χ3n) is 3.45. The van der Waals surface area contributed by atoms with Crippen LogP contribution in [0.2, 0.25) is 0 Å². The highest BCUT2D eigenvalue weighted by molar-refractivity contribution is 6.09. The molecule has 1 atom stereocenters. The lowest BCUT2D eigenvalue weighted by Gasteiger charge is -2.33. The zero-order valence-electron chi connectivity index (χ0n) is 11.9. The molecule has 1 saturated heterocycles. The first-order valence-electron chi connectivity index (χ1n) is 7.01. The van der Waals surface area contributed by atoms with E-state index in [-0.39, 0.29) is 11.8 Å². The molecule has 0 spiro atoms. The monoisotopic (exact) mass is 279 g/mol. The van der Waals surface area contributed by atoms with Crippen LogP contribution >= 0.6 is 0 Å². The Morgan fingerprint density at radius 3 is 2.33 bits per heavy atom. The van der Waals surface area contributed by atoms with Gasteiger partial charge in [-0.3, -0.25) is 10.1 Å². The molecule has 3 rings (SSSR count). The third kappa shape index (κ3) is 2.94. The van der Waals surface area contributed by atoms with Crippen molar-refractivity contribution in [1.82, 2.24) is 5.32 Å². The number of para-hydroxylation sites is 2. The van der Waals surface area contributed by atoms with Crippen LogP contribution in [0.5, 0.6) is 0 Å². The smallest absolute Gasteiger partial charge is 0.231 e. The maximum Gasteiger partial charge on any atom is 0.231 e. The van der Waals surface area contributed by atoms with E-state index in [2.05, 4.69) is 10.3 Å². The van der Waals surface area contributed by atoms with Crippen LogP contribution in [-0.4, -0.2) is 18.4 Å². The molecule has 1 heterocycles. The summed E-state index contributed by atoms with van der Waals surface area (Å²) in [5.74, 6) is 0.521. The van der Waals surface area contributed by atoms with Crippen molar-refractivity contribution in [2.75, 3.05) is 11.4 Å². The van der Waals surface area contributed by atoms with Gasteiger partial charge in [-0.15, -0.1) is 0 Å². The second kappa shape index (κ2) is 5.79. The second-order valence-electron chi connectivity index (χ2n) is 5.11. The molecule has 1 N–H and O–H groups in total. The summed E-state index contributed by atoms with van der Waals surface area (Å²) in [6.45, 7) is 2.55. The summed E-state index contributed by atoms with van der Waals surface area (Å²) in [6.07, 6.45) is 0. The number of nitrogens with zero attached hydrogens (tertiary/aromatic N) is 2. The number of carbonyl (C=O) groups excluding carboxylic acids is 1. The molecule has 1 aliphatic heterocycles. The Morgan fingerprint density at radius 2 is 1.67 bits per heavy atom. The number of benzene rings is 2. The maximum atomic E-state index is 12.0. The molecule has 1 amide bonds. The van der Waals surface area contributed by atoms with Gasteiger partial charge in [0.2, 0.25) is 11.9 Å². The van der Waals surface area contributed by atoms with E-state index in [1.165, 1.54) is 0 Å². The molecule has 0 aliphatic carbocycles. The van der Waals surface area contributed by atoms with Gasteiger partial charge in [0.1, 0.15) is 0 Å².